The highest BCUT2D eigenvalue weighted by atomic mass is 32.1. The molecule has 0 aliphatic rings. The van der Waals surface area contributed by atoms with Gasteiger partial charge in [-0.3, -0.25) is 0 Å². The quantitative estimate of drug-likeness (QED) is 0.198. The van der Waals surface area contributed by atoms with E-state index in [-0.39, 0.29) is 7.92 Å². The van der Waals surface area contributed by atoms with Gasteiger partial charge in [0.1, 0.15) is 10.0 Å². The summed E-state index contributed by atoms with van der Waals surface area (Å²) in [6.07, 6.45) is 0. The normalized spacial score (nSPS) is 12.0. The SMILES string of the molecule is CP(C)c1cccc(-n2c3ccc(-c4nc5ccccc5s4)cc3c3cc(-c4nc5ccccc5s4)ccc32)c1. The van der Waals surface area contributed by atoms with Gasteiger partial charge in [-0.2, -0.15) is 0 Å². The minimum atomic E-state index is -0.193. The molecule has 6 heteroatoms. The molecule has 0 aliphatic carbocycles. The second kappa shape index (κ2) is 9.35. The smallest absolute Gasteiger partial charge is 0.124 e. The van der Waals surface area contributed by atoms with E-state index in [4.69, 9.17) is 9.97 Å². The van der Waals surface area contributed by atoms with Gasteiger partial charge in [0.05, 0.1) is 31.5 Å². The first-order valence-electron chi connectivity index (χ1n) is 13.2. The topological polar surface area (TPSA) is 30.7 Å². The van der Waals surface area contributed by atoms with Crippen molar-refractivity contribution in [3.63, 3.8) is 0 Å². The summed E-state index contributed by atoms with van der Waals surface area (Å²) in [6, 6.07) is 39.4. The van der Waals surface area contributed by atoms with Gasteiger partial charge in [0.25, 0.3) is 0 Å². The second-order valence-corrected chi connectivity index (χ2v) is 14.6. The van der Waals surface area contributed by atoms with Crippen molar-refractivity contribution in [1.82, 2.24) is 14.5 Å². The number of thiazole rings is 2. The Kier molecular flexibility index (Phi) is 5.60. The Morgan fingerprint density at radius 1 is 0.575 bits per heavy atom. The standard InChI is InChI=1S/C34H24N3PS2/c1-38(2)24-9-7-8-23(20-24)37-29-16-14-21(33-35-27-10-3-5-12-31(27)39-33)18-25(29)26-19-22(15-17-30(26)37)34-36-28-11-4-6-13-32(28)40-34/h3-20H,1-2H3. The van der Waals surface area contributed by atoms with E-state index in [2.05, 4.69) is 127 Å². The summed E-state index contributed by atoms with van der Waals surface area (Å²) in [6.45, 7) is 4.63. The first kappa shape index (κ1) is 24.0. The molecule has 0 atom stereocenters. The third-order valence-corrected chi connectivity index (χ3v) is 10.9. The van der Waals surface area contributed by atoms with Crippen molar-refractivity contribution in [2.24, 2.45) is 0 Å². The second-order valence-electron chi connectivity index (χ2n) is 10.2. The van der Waals surface area contributed by atoms with Gasteiger partial charge < -0.3 is 4.57 Å². The third kappa shape index (κ3) is 3.88. The summed E-state index contributed by atoms with van der Waals surface area (Å²) >= 11 is 3.50. The molecule has 0 unspecified atom stereocenters. The molecule has 0 saturated heterocycles. The number of benzene rings is 5. The van der Waals surface area contributed by atoms with Crippen molar-refractivity contribution < 1.29 is 0 Å². The third-order valence-electron chi connectivity index (χ3n) is 7.45. The molecule has 0 saturated carbocycles. The first-order chi connectivity index (χ1) is 19.6. The van der Waals surface area contributed by atoms with E-state index in [9.17, 15) is 0 Å². The minimum absolute atomic E-state index is 0.193. The minimum Gasteiger partial charge on any atom is -0.309 e. The van der Waals surface area contributed by atoms with Crippen molar-refractivity contribution in [1.29, 1.82) is 0 Å². The van der Waals surface area contributed by atoms with Crippen LogP contribution < -0.4 is 5.30 Å². The molecular formula is C34H24N3PS2. The lowest BCUT2D eigenvalue weighted by atomic mass is 10.1. The maximum atomic E-state index is 4.96. The Bertz CT molecular complexity index is 2020. The number of hydrogen-bond donors (Lipinski definition) is 0. The molecule has 3 heterocycles. The van der Waals surface area contributed by atoms with Crippen LogP contribution in [0.5, 0.6) is 0 Å². The van der Waals surface area contributed by atoms with Crippen molar-refractivity contribution in [2.45, 2.75) is 0 Å². The Morgan fingerprint density at radius 3 is 1.65 bits per heavy atom. The molecule has 192 valence electrons. The summed E-state index contributed by atoms with van der Waals surface area (Å²) < 4.78 is 4.84. The number of rotatable bonds is 4. The van der Waals surface area contributed by atoms with Crippen molar-refractivity contribution in [3.8, 4) is 26.8 Å². The van der Waals surface area contributed by atoms with Crippen LogP contribution in [0.15, 0.2) is 109 Å². The predicted octanol–water partition coefficient (Wildman–Crippen LogP) is 9.70. The van der Waals surface area contributed by atoms with Crippen LogP contribution in [0.2, 0.25) is 0 Å². The average Bonchev–Trinajstić information content (AvgIpc) is 3.70. The van der Waals surface area contributed by atoms with Crippen LogP contribution >= 0.6 is 30.6 Å². The molecule has 3 aromatic heterocycles. The van der Waals surface area contributed by atoms with E-state index >= 15 is 0 Å². The Balaban J connectivity index is 1.39. The molecule has 8 aromatic rings. The molecule has 0 fully saturated rings. The number of hydrogen-bond acceptors (Lipinski definition) is 4. The predicted molar refractivity (Wildman–Crippen MR) is 176 cm³/mol. The highest BCUT2D eigenvalue weighted by molar-refractivity contribution is 7.64. The summed E-state index contributed by atoms with van der Waals surface area (Å²) in [4.78, 5) is 9.92. The highest BCUT2D eigenvalue weighted by Gasteiger charge is 2.17. The largest absolute Gasteiger partial charge is 0.309 e. The van der Waals surface area contributed by atoms with Gasteiger partial charge in [0.15, 0.2) is 0 Å². The fourth-order valence-corrected chi connectivity index (χ4v) is 8.17. The zero-order valence-electron chi connectivity index (χ0n) is 22.0. The van der Waals surface area contributed by atoms with Gasteiger partial charge in [-0.25, -0.2) is 9.97 Å². The summed E-state index contributed by atoms with van der Waals surface area (Å²) in [5.74, 6) is 0. The lowest BCUT2D eigenvalue weighted by molar-refractivity contribution is 1.18. The summed E-state index contributed by atoms with van der Waals surface area (Å²) in [5, 5.41) is 5.97. The van der Waals surface area contributed by atoms with E-state index in [0.717, 1.165) is 32.2 Å². The molecule has 8 rings (SSSR count). The fraction of sp³-hybridized carbons (Fsp3) is 0.0588. The van der Waals surface area contributed by atoms with Gasteiger partial charge in [0.2, 0.25) is 0 Å². The lowest BCUT2D eigenvalue weighted by Gasteiger charge is -2.12. The van der Waals surface area contributed by atoms with E-state index in [0.29, 0.717) is 0 Å². The van der Waals surface area contributed by atoms with Gasteiger partial charge in [-0.15, -0.1) is 22.7 Å². The Hall–Kier alpha value is -3.89. The molecule has 0 radical (unpaired) electrons. The van der Waals surface area contributed by atoms with Gasteiger partial charge in [-0.05, 0) is 91.4 Å². The molecule has 5 aromatic carbocycles. The number of fused-ring (bicyclic) bond motifs is 5. The summed E-state index contributed by atoms with van der Waals surface area (Å²) in [5.41, 5.74) is 8.01. The van der Waals surface area contributed by atoms with E-state index < -0.39 is 0 Å². The van der Waals surface area contributed by atoms with Crippen LogP contribution in [-0.2, 0) is 0 Å². The van der Waals surface area contributed by atoms with E-state index in [1.54, 1.807) is 22.7 Å². The zero-order valence-corrected chi connectivity index (χ0v) is 24.5. The molecule has 0 bridgehead atoms. The molecule has 0 aliphatic heterocycles. The number of nitrogens with zero attached hydrogens (tertiary/aromatic N) is 3. The van der Waals surface area contributed by atoms with E-state index in [1.165, 1.54) is 42.2 Å². The first-order valence-corrected chi connectivity index (χ1v) is 17.1. The molecule has 0 N–H and O–H groups in total. The highest BCUT2D eigenvalue weighted by Crippen LogP contribution is 2.40. The van der Waals surface area contributed by atoms with Gasteiger partial charge in [0, 0.05) is 27.6 Å². The van der Waals surface area contributed by atoms with Crippen LogP contribution in [0.4, 0.5) is 0 Å². The maximum absolute atomic E-state index is 4.96. The van der Waals surface area contributed by atoms with Crippen LogP contribution in [0.3, 0.4) is 0 Å². The molecule has 3 nitrogen and oxygen atoms in total. The maximum Gasteiger partial charge on any atom is 0.124 e. The molecular weight excluding hydrogens is 546 g/mol. The number of para-hydroxylation sites is 2. The molecule has 0 amide bonds. The molecule has 0 spiro atoms. The molecule has 40 heavy (non-hydrogen) atoms. The van der Waals surface area contributed by atoms with Gasteiger partial charge in [-0.1, -0.05) is 44.3 Å². The van der Waals surface area contributed by atoms with Gasteiger partial charge >= 0.3 is 0 Å². The zero-order chi connectivity index (χ0) is 26.8. The van der Waals surface area contributed by atoms with Crippen LogP contribution in [-0.4, -0.2) is 27.9 Å². The Labute approximate surface area is 241 Å². The van der Waals surface area contributed by atoms with Crippen LogP contribution in [0.25, 0.3) is 69.1 Å². The average molecular weight is 570 g/mol. The Morgan fingerprint density at radius 2 is 1.12 bits per heavy atom. The monoisotopic (exact) mass is 569 g/mol. The van der Waals surface area contributed by atoms with E-state index in [1.807, 2.05) is 0 Å². The van der Waals surface area contributed by atoms with Crippen molar-refractivity contribution in [2.75, 3.05) is 13.3 Å². The fourth-order valence-electron chi connectivity index (χ4n) is 5.47. The van der Waals surface area contributed by atoms with Crippen molar-refractivity contribution in [3.05, 3.63) is 109 Å². The van der Waals surface area contributed by atoms with Crippen LogP contribution in [0, 0.1) is 0 Å². The summed E-state index contributed by atoms with van der Waals surface area (Å²) in [7, 11) is -0.193. The van der Waals surface area contributed by atoms with Crippen molar-refractivity contribution >= 4 is 78.1 Å². The lowest BCUT2D eigenvalue weighted by Crippen LogP contribution is -2.02. The van der Waals surface area contributed by atoms with Crippen LogP contribution in [0.1, 0.15) is 0 Å². The number of aromatic nitrogens is 3.